The summed E-state index contributed by atoms with van der Waals surface area (Å²) in [6, 6.07) is 4.45. The Hall–Kier alpha value is -0.650. The minimum absolute atomic E-state index is 0.199. The molecule has 0 spiro atoms. The molecule has 0 aromatic heterocycles. The lowest BCUT2D eigenvalue weighted by Crippen LogP contribution is -2.41. The van der Waals surface area contributed by atoms with E-state index in [0.29, 0.717) is 10.6 Å². The highest BCUT2D eigenvalue weighted by Crippen LogP contribution is 2.19. The summed E-state index contributed by atoms with van der Waals surface area (Å²) in [5.74, 6) is -0.396. The lowest BCUT2D eigenvalue weighted by atomic mass is 10.2. The van der Waals surface area contributed by atoms with Crippen molar-refractivity contribution in [3.05, 3.63) is 34.6 Å². The van der Waals surface area contributed by atoms with E-state index in [9.17, 15) is 12.8 Å². The molecule has 0 saturated heterocycles. The third-order valence-electron chi connectivity index (χ3n) is 2.92. The molecule has 0 radical (unpaired) electrons. The number of halogens is 2. The van der Waals surface area contributed by atoms with Crippen LogP contribution in [0.15, 0.2) is 18.2 Å². The topological polar surface area (TPSA) is 46.2 Å². The van der Waals surface area contributed by atoms with E-state index in [4.69, 9.17) is 11.6 Å². The zero-order valence-electron chi connectivity index (χ0n) is 10.6. The number of sulfone groups is 1. The standard InChI is InChI=1S/C12H17ClFNO2S/c1-12(2,18(3,16)17)8-15-7-9-10(13)5-4-6-11(9)14/h4-6,15H,7-8H2,1-3H3. The van der Waals surface area contributed by atoms with Gasteiger partial charge in [-0.3, -0.25) is 0 Å². The average Bonchev–Trinajstić information content (AvgIpc) is 2.20. The maximum atomic E-state index is 13.5. The summed E-state index contributed by atoms with van der Waals surface area (Å²) in [7, 11) is -3.17. The maximum Gasteiger partial charge on any atom is 0.153 e. The molecule has 0 aliphatic rings. The normalized spacial score (nSPS) is 12.7. The van der Waals surface area contributed by atoms with Crippen molar-refractivity contribution in [2.75, 3.05) is 12.8 Å². The van der Waals surface area contributed by atoms with Gasteiger partial charge < -0.3 is 5.32 Å². The van der Waals surface area contributed by atoms with Crippen LogP contribution in [0.4, 0.5) is 4.39 Å². The van der Waals surface area contributed by atoms with E-state index in [1.807, 2.05) is 0 Å². The summed E-state index contributed by atoms with van der Waals surface area (Å²) in [5, 5.41) is 3.26. The molecule has 18 heavy (non-hydrogen) atoms. The first-order chi connectivity index (χ1) is 8.15. The first kappa shape index (κ1) is 15.4. The van der Waals surface area contributed by atoms with Crippen molar-refractivity contribution in [3.8, 4) is 0 Å². The lowest BCUT2D eigenvalue weighted by Gasteiger charge is -2.23. The Kier molecular flexibility index (Phi) is 4.75. The van der Waals surface area contributed by atoms with Crippen LogP contribution in [0.5, 0.6) is 0 Å². The number of hydrogen-bond donors (Lipinski definition) is 1. The molecule has 0 atom stereocenters. The third kappa shape index (κ3) is 3.67. The van der Waals surface area contributed by atoms with Gasteiger partial charge in [0, 0.05) is 29.9 Å². The maximum absolute atomic E-state index is 13.5. The van der Waals surface area contributed by atoms with Crippen LogP contribution in [-0.2, 0) is 16.4 Å². The van der Waals surface area contributed by atoms with Crippen LogP contribution in [0.2, 0.25) is 5.02 Å². The fourth-order valence-electron chi connectivity index (χ4n) is 1.32. The highest BCUT2D eigenvalue weighted by Gasteiger charge is 2.29. The minimum Gasteiger partial charge on any atom is -0.311 e. The molecule has 0 unspecified atom stereocenters. The smallest absolute Gasteiger partial charge is 0.153 e. The number of benzene rings is 1. The minimum atomic E-state index is -3.17. The van der Waals surface area contributed by atoms with E-state index in [2.05, 4.69) is 5.32 Å². The molecule has 0 amide bonds. The summed E-state index contributed by atoms with van der Waals surface area (Å²) in [6.45, 7) is 3.68. The Morgan fingerprint density at radius 2 is 2.00 bits per heavy atom. The number of rotatable bonds is 5. The molecule has 1 N–H and O–H groups in total. The van der Waals surface area contributed by atoms with Crippen molar-refractivity contribution in [1.82, 2.24) is 5.32 Å². The Morgan fingerprint density at radius 3 is 2.50 bits per heavy atom. The van der Waals surface area contributed by atoms with Crippen LogP contribution in [0, 0.1) is 5.82 Å². The molecule has 0 aliphatic carbocycles. The summed E-state index contributed by atoms with van der Waals surface area (Å²) in [4.78, 5) is 0. The van der Waals surface area contributed by atoms with Crippen molar-refractivity contribution in [3.63, 3.8) is 0 Å². The van der Waals surface area contributed by atoms with Gasteiger partial charge in [0.2, 0.25) is 0 Å². The van der Waals surface area contributed by atoms with Gasteiger partial charge >= 0.3 is 0 Å². The lowest BCUT2D eigenvalue weighted by molar-refractivity contribution is 0.515. The molecular formula is C12H17ClFNO2S. The van der Waals surface area contributed by atoms with Crippen molar-refractivity contribution >= 4 is 21.4 Å². The zero-order valence-corrected chi connectivity index (χ0v) is 12.2. The molecule has 1 aromatic rings. The second-order valence-corrected chi connectivity index (χ2v) is 7.89. The van der Waals surface area contributed by atoms with Gasteiger partial charge in [-0.2, -0.15) is 0 Å². The van der Waals surface area contributed by atoms with Crippen LogP contribution in [-0.4, -0.2) is 26.0 Å². The fourth-order valence-corrected chi connectivity index (χ4v) is 1.91. The van der Waals surface area contributed by atoms with Crippen LogP contribution in [0.25, 0.3) is 0 Å². The van der Waals surface area contributed by atoms with Gasteiger partial charge in [0.15, 0.2) is 9.84 Å². The van der Waals surface area contributed by atoms with E-state index in [1.54, 1.807) is 19.9 Å². The SMILES string of the molecule is CC(C)(CNCc1c(F)cccc1Cl)S(C)(=O)=O. The van der Waals surface area contributed by atoms with Gasteiger partial charge in [-0.25, -0.2) is 12.8 Å². The van der Waals surface area contributed by atoms with Crippen molar-refractivity contribution in [2.24, 2.45) is 0 Å². The van der Waals surface area contributed by atoms with Crippen molar-refractivity contribution in [2.45, 2.75) is 25.1 Å². The molecule has 102 valence electrons. The fraction of sp³-hybridized carbons (Fsp3) is 0.500. The molecule has 0 saturated carbocycles. The number of hydrogen-bond acceptors (Lipinski definition) is 3. The molecule has 6 heteroatoms. The predicted octanol–water partition coefficient (Wildman–Crippen LogP) is 2.39. The van der Waals surface area contributed by atoms with Crippen LogP contribution in [0.3, 0.4) is 0 Å². The van der Waals surface area contributed by atoms with Gasteiger partial charge in [0.1, 0.15) is 5.82 Å². The molecule has 0 bridgehead atoms. The second kappa shape index (κ2) is 5.55. The Bertz CT molecular complexity index is 509. The predicted molar refractivity (Wildman–Crippen MR) is 72.0 cm³/mol. The highest BCUT2D eigenvalue weighted by molar-refractivity contribution is 7.92. The van der Waals surface area contributed by atoms with Crippen molar-refractivity contribution < 1.29 is 12.8 Å². The Balaban J connectivity index is 2.68. The number of nitrogens with one attached hydrogen (secondary N) is 1. The van der Waals surface area contributed by atoms with E-state index < -0.39 is 20.4 Å². The van der Waals surface area contributed by atoms with Crippen LogP contribution >= 0.6 is 11.6 Å². The Labute approximate surface area is 112 Å². The van der Waals surface area contributed by atoms with E-state index >= 15 is 0 Å². The van der Waals surface area contributed by atoms with Gasteiger partial charge in [-0.15, -0.1) is 0 Å². The van der Waals surface area contributed by atoms with Crippen LogP contribution in [0.1, 0.15) is 19.4 Å². The monoisotopic (exact) mass is 293 g/mol. The molecule has 0 fully saturated rings. The molecule has 3 nitrogen and oxygen atoms in total. The average molecular weight is 294 g/mol. The molecule has 0 aliphatic heterocycles. The van der Waals surface area contributed by atoms with E-state index in [1.165, 1.54) is 18.4 Å². The van der Waals surface area contributed by atoms with E-state index in [0.717, 1.165) is 0 Å². The quantitative estimate of drug-likeness (QED) is 0.907. The largest absolute Gasteiger partial charge is 0.311 e. The van der Waals surface area contributed by atoms with Gasteiger partial charge in [-0.1, -0.05) is 17.7 Å². The summed E-state index contributed by atoms with van der Waals surface area (Å²) >= 11 is 5.87. The summed E-state index contributed by atoms with van der Waals surface area (Å²) in [5.41, 5.74) is 0.350. The van der Waals surface area contributed by atoms with Gasteiger partial charge in [-0.05, 0) is 26.0 Å². The molecular weight excluding hydrogens is 277 g/mol. The van der Waals surface area contributed by atoms with Gasteiger partial charge in [0.25, 0.3) is 0 Å². The Morgan fingerprint density at radius 1 is 1.39 bits per heavy atom. The summed E-state index contributed by atoms with van der Waals surface area (Å²) in [6.07, 6.45) is 1.19. The van der Waals surface area contributed by atoms with Crippen molar-refractivity contribution in [1.29, 1.82) is 0 Å². The molecule has 1 rings (SSSR count). The molecule has 1 aromatic carbocycles. The van der Waals surface area contributed by atoms with Crippen LogP contribution < -0.4 is 5.32 Å². The first-order valence-corrected chi connectivity index (χ1v) is 7.75. The van der Waals surface area contributed by atoms with E-state index in [-0.39, 0.29) is 13.1 Å². The zero-order chi connectivity index (χ0) is 14.0. The molecule has 0 heterocycles. The second-order valence-electron chi connectivity index (χ2n) is 4.84. The first-order valence-electron chi connectivity index (χ1n) is 5.48. The highest BCUT2D eigenvalue weighted by atomic mass is 35.5. The third-order valence-corrected chi connectivity index (χ3v) is 5.42. The summed E-state index contributed by atoms with van der Waals surface area (Å²) < 4.78 is 35.5. The van der Waals surface area contributed by atoms with Gasteiger partial charge in [0.05, 0.1) is 4.75 Å².